The molecule has 3 aromatic heterocycles. The Morgan fingerprint density at radius 2 is 2.00 bits per heavy atom. The van der Waals surface area contributed by atoms with Gasteiger partial charge in [-0.1, -0.05) is 6.07 Å². The number of aromatic nitrogens is 3. The molecule has 0 bridgehead atoms. The lowest BCUT2D eigenvalue weighted by molar-refractivity contribution is -0.138. The molecule has 192 valence electrons. The van der Waals surface area contributed by atoms with E-state index >= 15 is 0 Å². The fraction of sp³-hybridized carbons (Fsp3) is 0.280. The van der Waals surface area contributed by atoms with E-state index in [1.54, 1.807) is 52.4 Å². The first-order valence-corrected chi connectivity index (χ1v) is 12.3. The van der Waals surface area contributed by atoms with Gasteiger partial charge in [-0.15, -0.1) is 11.3 Å². The van der Waals surface area contributed by atoms with Crippen molar-refractivity contribution >= 4 is 34.4 Å². The summed E-state index contributed by atoms with van der Waals surface area (Å²) in [5.41, 5.74) is 1.72. The third-order valence-electron chi connectivity index (χ3n) is 6.19. The number of halogens is 3. The molecule has 0 aliphatic carbocycles. The number of carbonyl (C=O) groups excluding carboxylic acids is 2. The van der Waals surface area contributed by atoms with Crippen LogP contribution in [0.5, 0.6) is 0 Å². The monoisotopic (exact) mass is 528 g/mol. The molecule has 0 atom stereocenters. The first-order chi connectivity index (χ1) is 17.6. The summed E-state index contributed by atoms with van der Waals surface area (Å²) in [6.45, 7) is 0.862. The average Bonchev–Trinajstić information content (AvgIpc) is 3.47. The molecule has 0 saturated heterocycles. The first kappa shape index (κ1) is 24.9. The average molecular weight is 529 g/mol. The third kappa shape index (κ3) is 4.94. The summed E-state index contributed by atoms with van der Waals surface area (Å²) in [5.74, 6) is -0.648. The molecule has 0 fully saturated rings. The molecule has 5 rings (SSSR count). The van der Waals surface area contributed by atoms with Gasteiger partial charge in [0.2, 0.25) is 0 Å². The van der Waals surface area contributed by atoms with Gasteiger partial charge in [0, 0.05) is 41.4 Å². The van der Waals surface area contributed by atoms with Gasteiger partial charge >= 0.3 is 6.18 Å². The van der Waals surface area contributed by atoms with Crippen molar-refractivity contribution in [1.29, 1.82) is 0 Å². The number of hydrogen-bond donors (Lipinski definition) is 1. The summed E-state index contributed by atoms with van der Waals surface area (Å²) in [6.07, 6.45) is 2.27. The molecule has 1 N–H and O–H groups in total. The summed E-state index contributed by atoms with van der Waals surface area (Å²) in [5, 5.41) is 8.51. The minimum Gasteiger partial charge on any atom is -0.333 e. The Labute approximate surface area is 214 Å². The lowest BCUT2D eigenvalue weighted by atomic mass is 10.0. The van der Waals surface area contributed by atoms with Crippen molar-refractivity contribution in [2.45, 2.75) is 25.7 Å². The van der Waals surface area contributed by atoms with Crippen molar-refractivity contribution in [2.75, 3.05) is 26.0 Å². The van der Waals surface area contributed by atoms with Gasteiger partial charge in [-0.3, -0.25) is 14.6 Å². The van der Waals surface area contributed by atoms with Crippen LogP contribution in [-0.2, 0) is 25.7 Å². The van der Waals surface area contributed by atoms with Gasteiger partial charge in [0.25, 0.3) is 11.8 Å². The topological polar surface area (TPSA) is 82.8 Å². The molecule has 37 heavy (non-hydrogen) atoms. The number of anilines is 1. The van der Waals surface area contributed by atoms with Crippen LogP contribution in [0.25, 0.3) is 5.52 Å². The maximum atomic E-state index is 13.6. The predicted octanol–water partition coefficient (Wildman–Crippen LogP) is 4.32. The highest BCUT2D eigenvalue weighted by Crippen LogP contribution is 2.35. The molecular formula is C25H23F3N6O2S. The smallest absolute Gasteiger partial charge is 0.333 e. The summed E-state index contributed by atoms with van der Waals surface area (Å²) < 4.78 is 42.5. The molecular weight excluding hydrogens is 505 g/mol. The summed E-state index contributed by atoms with van der Waals surface area (Å²) in [7, 11) is 3.39. The van der Waals surface area contributed by atoms with Crippen molar-refractivity contribution in [1.82, 2.24) is 24.4 Å². The number of thiophene rings is 1. The molecule has 0 saturated carbocycles. The number of benzene rings is 1. The fourth-order valence-electron chi connectivity index (χ4n) is 4.46. The van der Waals surface area contributed by atoms with Crippen molar-refractivity contribution in [2.24, 2.45) is 0 Å². The minimum absolute atomic E-state index is 0.0779. The lowest BCUT2D eigenvalue weighted by Crippen LogP contribution is -2.35. The van der Waals surface area contributed by atoms with E-state index < -0.39 is 17.6 Å². The molecule has 0 unspecified atom stereocenters. The number of alkyl halides is 3. The number of amides is 2. The number of carbonyl (C=O) groups is 2. The van der Waals surface area contributed by atoms with Gasteiger partial charge in [0.1, 0.15) is 0 Å². The van der Waals surface area contributed by atoms with Crippen molar-refractivity contribution in [3.05, 3.63) is 81.1 Å². The maximum Gasteiger partial charge on any atom is 0.416 e. The fourth-order valence-corrected chi connectivity index (χ4v) is 5.55. The molecule has 4 heterocycles. The Morgan fingerprint density at radius 3 is 2.76 bits per heavy atom. The Balaban J connectivity index is 1.33. The van der Waals surface area contributed by atoms with Crippen molar-refractivity contribution in [3.8, 4) is 0 Å². The van der Waals surface area contributed by atoms with E-state index in [2.05, 4.69) is 15.4 Å². The molecule has 1 aliphatic heterocycles. The summed E-state index contributed by atoms with van der Waals surface area (Å²) >= 11 is 1.36. The lowest BCUT2D eigenvalue weighted by Gasteiger charge is -2.27. The Kier molecular flexibility index (Phi) is 6.46. The van der Waals surface area contributed by atoms with Crippen LogP contribution < -0.4 is 5.32 Å². The highest BCUT2D eigenvalue weighted by Gasteiger charge is 2.34. The third-order valence-corrected chi connectivity index (χ3v) is 7.21. The van der Waals surface area contributed by atoms with Gasteiger partial charge < -0.3 is 15.1 Å². The van der Waals surface area contributed by atoms with Gasteiger partial charge in [0.15, 0.2) is 0 Å². The van der Waals surface area contributed by atoms with Crippen LogP contribution in [-0.4, -0.2) is 56.9 Å². The first-order valence-electron chi connectivity index (χ1n) is 11.4. The maximum absolute atomic E-state index is 13.6. The van der Waals surface area contributed by atoms with Gasteiger partial charge in [-0.05, 0) is 43.8 Å². The molecule has 12 heteroatoms. The molecule has 8 nitrogen and oxygen atoms in total. The normalized spacial score (nSPS) is 13.7. The summed E-state index contributed by atoms with van der Waals surface area (Å²) in [6, 6.07) is 3.85. The standard InChI is InChI=1S/C25H23F3N6O2S/c1-32(2)12-15-3-4-16(9-20(15)25(26,27)28)31-23(35)19-14-37-22-13-33(7-5-17(19)22)24(36)18-10-30-34-8-6-29-11-21(18)34/h3-4,6,8-11,14H,5,7,12-13H2,1-2H3,(H,31,35). The molecule has 1 aliphatic rings. The highest BCUT2D eigenvalue weighted by atomic mass is 32.1. The highest BCUT2D eigenvalue weighted by molar-refractivity contribution is 7.10. The van der Waals surface area contributed by atoms with Crippen LogP contribution in [0.3, 0.4) is 0 Å². The second kappa shape index (κ2) is 9.60. The van der Waals surface area contributed by atoms with Crippen LogP contribution >= 0.6 is 11.3 Å². The quantitative estimate of drug-likeness (QED) is 0.417. The summed E-state index contributed by atoms with van der Waals surface area (Å²) in [4.78, 5) is 34.5. The predicted molar refractivity (Wildman–Crippen MR) is 133 cm³/mol. The Hall–Kier alpha value is -3.77. The van der Waals surface area contributed by atoms with E-state index in [1.165, 1.54) is 29.7 Å². The Morgan fingerprint density at radius 1 is 1.19 bits per heavy atom. The second-order valence-corrected chi connectivity index (χ2v) is 10.0. The zero-order valence-corrected chi connectivity index (χ0v) is 20.9. The number of fused-ring (bicyclic) bond motifs is 2. The SMILES string of the molecule is CN(C)Cc1ccc(NC(=O)c2csc3c2CCN(C(=O)c2cnn4ccncc24)C3)cc1C(F)(F)F. The molecule has 0 radical (unpaired) electrons. The number of nitrogens with zero attached hydrogens (tertiary/aromatic N) is 5. The van der Waals surface area contributed by atoms with Gasteiger partial charge in [-0.25, -0.2) is 4.52 Å². The van der Waals surface area contributed by atoms with Crippen LogP contribution in [0.1, 0.15) is 42.3 Å². The largest absolute Gasteiger partial charge is 0.416 e. The van der Waals surface area contributed by atoms with E-state index in [9.17, 15) is 22.8 Å². The number of rotatable bonds is 5. The van der Waals surface area contributed by atoms with E-state index in [0.717, 1.165) is 16.5 Å². The zero-order valence-electron chi connectivity index (χ0n) is 20.0. The minimum atomic E-state index is -4.54. The van der Waals surface area contributed by atoms with Crippen LogP contribution in [0.4, 0.5) is 18.9 Å². The van der Waals surface area contributed by atoms with E-state index in [4.69, 9.17) is 0 Å². The van der Waals surface area contributed by atoms with E-state index in [1.807, 2.05) is 0 Å². The second-order valence-electron chi connectivity index (χ2n) is 9.05. The Bertz CT molecular complexity index is 1490. The van der Waals surface area contributed by atoms with E-state index in [-0.39, 0.29) is 23.7 Å². The van der Waals surface area contributed by atoms with Crippen molar-refractivity contribution < 1.29 is 22.8 Å². The van der Waals surface area contributed by atoms with Gasteiger partial charge in [0.05, 0.1) is 41.1 Å². The van der Waals surface area contributed by atoms with Crippen LogP contribution in [0.15, 0.2) is 48.4 Å². The number of nitrogens with one attached hydrogen (secondary N) is 1. The van der Waals surface area contributed by atoms with Crippen LogP contribution in [0.2, 0.25) is 0 Å². The molecule has 2 amide bonds. The molecule has 4 aromatic rings. The molecule has 0 spiro atoms. The van der Waals surface area contributed by atoms with E-state index in [0.29, 0.717) is 36.2 Å². The van der Waals surface area contributed by atoms with Crippen LogP contribution in [0, 0.1) is 0 Å². The number of hydrogen-bond acceptors (Lipinski definition) is 6. The molecule has 1 aromatic carbocycles. The van der Waals surface area contributed by atoms with Gasteiger partial charge in [-0.2, -0.15) is 18.3 Å². The van der Waals surface area contributed by atoms with Crippen molar-refractivity contribution in [3.63, 3.8) is 0 Å². The zero-order chi connectivity index (χ0) is 26.3.